The number of carbonyl (C=O) groups is 2. The molecule has 1 atom stereocenters. The Labute approximate surface area is 160 Å². The Bertz CT molecular complexity index is 911. The number of aliphatic hydroxyl groups excluding tert-OH is 1. The van der Waals surface area contributed by atoms with E-state index in [0.717, 1.165) is 10.5 Å². The predicted octanol–water partition coefficient (Wildman–Crippen LogP) is 1.78. The van der Waals surface area contributed by atoms with Crippen LogP contribution in [0.1, 0.15) is 26.3 Å². The summed E-state index contributed by atoms with van der Waals surface area (Å²) >= 11 is 0. The second-order valence-electron chi connectivity index (χ2n) is 6.19. The first kappa shape index (κ1) is 19.5. The van der Waals surface area contributed by atoms with E-state index in [1.807, 2.05) is 12.1 Å². The molecule has 0 saturated carbocycles. The van der Waals surface area contributed by atoms with Gasteiger partial charge in [-0.1, -0.05) is 18.2 Å². The number of hydrogen-bond donors (Lipinski definition) is 1. The summed E-state index contributed by atoms with van der Waals surface area (Å²) in [6.07, 6.45) is -1.13. The predicted molar refractivity (Wildman–Crippen MR) is 97.1 cm³/mol. The van der Waals surface area contributed by atoms with E-state index in [2.05, 4.69) is 0 Å². The first-order valence-electron chi connectivity index (χ1n) is 8.44. The van der Waals surface area contributed by atoms with E-state index in [1.54, 1.807) is 19.2 Å². The van der Waals surface area contributed by atoms with E-state index in [4.69, 9.17) is 9.47 Å². The molecule has 9 heteroatoms. The minimum atomic E-state index is -1.13. The highest BCUT2D eigenvalue weighted by Gasteiger charge is 2.41. The quantitative estimate of drug-likeness (QED) is 0.417. The Morgan fingerprint density at radius 2 is 1.86 bits per heavy atom. The molecule has 146 valence electrons. The number of imide groups is 1. The molecule has 2 aromatic rings. The van der Waals surface area contributed by atoms with Crippen LogP contribution in [0.15, 0.2) is 42.5 Å². The second kappa shape index (κ2) is 8.15. The fourth-order valence-corrected chi connectivity index (χ4v) is 2.93. The summed E-state index contributed by atoms with van der Waals surface area (Å²) in [4.78, 5) is 36.1. The molecular weight excluding hydrogens is 368 g/mol. The van der Waals surface area contributed by atoms with Crippen molar-refractivity contribution in [2.75, 3.05) is 20.3 Å². The zero-order chi connectivity index (χ0) is 20.3. The number of hydrogen-bond acceptors (Lipinski definition) is 7. The maximum atomic E-state index is 12.5. The van der Waals surface area contributed by atoms with Crippen molar-refractivity contribution in [3.63, 3.8) is 0 Å². The van der Waals surface area contributed by atoms with E-state index >= 15 is 0 Å². The monoisotopic (exact) mass is 386 g/mol. The van der Waals surface area contributed by atoms with Gasteiger partial charge in [-0.25, -0.2) is 0 Å². The number of rotatable bonds is 8. The fourth-order valence-electron chi connectivity index (χ4n) is 2.93. The summed E-state index contributed by atoms with van der Waals surface area (Å²) in [7, 11) is 1.57. The van der Waals surface area contributed by atoms with Crippen LogP contribution < -0.4 is 4.74 Å². The van der Waals surface area contributed by atoms with Gasteiger partial charge < -0.3 is 14.6 Å². The van der Waals surface area contributed by atoms with E-state index in [0.29, 0.717) is 5.75 Å². The summed E-state index contributed by atoms with van der Waals surface area (Å²) in [6, 6.07) is 11.1. The highest BCUT2D eigenvalue weighted by molar-refractivity contribution is 6.23. The Morgan fingerprint density at radius 3 is 2.50 bits per heavy atom. The van der Waals surface area contributed by atoms with Gasteiger partial charge in [0.05, 0.1) is 43.5 Å². The van der Waals surface area contributed by atoms with Crippen LogP contribution in [0, 0.1) is 10.1 Å². The minimum absolute atomic E-state index is 0.0365. The van der Waals surface area contributed by atoms with Gasteiger partial charge in [-0.05, 0) is 23.8 Å². The van der Waals surface area contributed by atoms with Gasteiger partial charge in [0.1, 0.15) is 11.3 Å². The molecular formula is C19H18N2O7. The molecule has 0 aromatic heterocycles. The molecule has 1 aliphatic rings. The fraction of sp³-hybridized carbons (Fsp3) is 0.263. The lowest BCUT2D eigenvalue weighted by atomic mass is 10.1. The molecule has 0 radical (unpaired) electrons. The molecule has 1 heterocycles. The molecule has 0 fully saturated rings. The van der Waals surface area contributed by atoms with Gasteiger partial charge in [0.25, 0.3) is 17.5 Å². The third-order valence-corrected chi connectivity index (χ3v) is 4.31. The van der Waals surface area contributed by atoms with Crippen LogP contribution in [0.25, 0.3) is 0 Å². The van der Waals surface area contributed by atoms with Crippen molar-refractivity contribution in [2.45, 2.75) is 12.7 Å². The molecule has 1 aliphatic heterocycles. The summed E-state index contributed by atoms with van der Waals surface area (Å²) < 4.78 is 10.5. The largest absolute Gasteiger partial charge is 0.497 e. The summed E-state index contributed by atoms with van der Waals surface area (Å²) in [5, 5.41) is 21.2. The summed E-state index contributed by atoms with van der Waals surface area (Å²) in [6.45, 7) is -0.192. The molecule has 9 nitrogen and oxygen atoms in total. The molecule has 3 rings (SSSR count). The number of fused-ring (bicyclic) bond motifs is 1. The lowest BCUT2D eigenvalue weighted by molar-refractivity contribution is -0.385. The van der Waals surface area contributed by atoms with Gasteiger partial charge in [-0.3, -0.25) is 24.6 Å². The molecule has 0 bridgehead atoms. The number of nitro benzene ring substituents is 1. The zero-order valence-electron chi connectivity index (χ0n) is 15.0. The average Bonchev–Trinajstić information content (AvgIpc) is 2.93. The topological polar surface area (TPSA) is 119 Å². The van der Waals surface area contributed by atoms with Crippen molar-refractivity contribution in [1.29, 1.82) is 0 Å². The van der Waals surface area contributed by atoms with Crippen molar-refractivity contribution < 1.29 is 29.1 Å². The number of carbonyl (C=O) groups excluding carboxylic acids is 2. The number of amides is 2. The average molecular weight is 386 g/mol. The minimum Gasteiger partial charge on any atom is -0.497 e. The maximum absolute atomic E-state index is 12.5. The molecule has 1 N–H and O–H groups in total. The van der Waals surface area contributed by atoms with Crippen molar-refractivity contribution in [1.82, 2.24) is 4.90 Å². The lowest BCUT2D eigenvalue weighted by Gasteiger charge is -2.18. The smallest absolute Gasteiger partial charge is 0.282 e. The zero-order valence-corrected chi connectivity index (χ0v) is 15.0. The van der Waals surface area contributed by atoms with Crippen LogP contribution in [0.4, 0.5) is 5.69 Å². The molecule has 0 spiro atoms. The Kier molecular flexibility index (Phi) is 5.67. The number of nitrogens with zero attached hydrogens (tertiary/aromatic N) is 2. The Balaban J connectivity index is 1.59. The number of β-amino-alcohol motifs (C(OH)–C–C–N with tert-alkyl or cyclic N) is 1. The Hall–Kier alpha value is -3.30. The van der Waals surface area contributed by atoms with Gasteiger partial charge in [0.2, 0.25) is 0 Å². The van der Waals surface area contributed by atoms with E-state index in [-0.39, 0.29) is 30.9 Å². The number of methoxy groups -OCH3 is 1. The molecule has 0 aliphatic carbocycles. The second-order valence-corrected chi connectivity index (χ2v) is 6.19. The van der Waals surface area contributed by atoms with Gasteiger partial charge in [0, 0.05) is 6.07 Å². The first-order chi connectivity index (χ1) is 13.4. The molecule has 1 unspecified atom stereocenters. The van der Waals surface area contributed by atoms with Crippen LogP contribution in [-0.2, 0) is 11.3 Å². The van der Waals surface area contributed by atoms with Gasteiger partial charge in [-0.2, -0.15) is 0 Å². The van der Waals surface area contributed by atoms with Crippen molar-refractivity contribution >= 4 is 17.5 Å². The van der Waals surface area contributed by atoms with E-state index in [1.165, 1.54) is 18.2 Å². The van der Waals surface area contributed by atoms with Crippen LogP contribution in [-0.4, -0.2) is 53.1 Å². The van der Waals surface area contributed by atoms with Crippen molar-refractivity contribution in [3.8, 4) is 5.75 Å². The first-order valence-corrected chi connectivity index (χ1v) is 8.44. The number of ether oxygens (including phenoxy) is 2. The third kappa shape index (κ3) is 3.85. The Morgan fingerprint density at radius 1 is 1.14 bits per heavy atom. The number of nitro groups is 1. The van der Waals surface area contributed by atoms with Crippen LogP contribution in [0.2, 0.25) is 0 Å². The summed E-state index contributed by atoms with van der Waals surface area (Å²) in [5.74, 6) is -0.747. The maximum Gasteiger partial charge on any atom is 0.282 e. The SMILES string of the molecule is COc1ccc(COCC(O)CN2C(=O)c3cccc([N+](=O)[O-])c3C2=O)cc1. The van der Waals surface area contributed by atoms with E-state index < -0.39 is 28.5 Å². The van der Waals surface area contributed by atoms with Gasteiger partial charge in [-0.15, -0.1) is 0 Å². The van der Waals surface area contributed by atoms with Crippen LogP contribution >= 0.6 is 0 Å². The normalized spacial score (nSPS) is 14.1. The van der Waals surface area contributed by atoms with Crippen LogP contribution in [0.5, 0.6) is 5.75 Å². The van der Waals surface area contributed by atoms with Gasteiger partial charge in [0.15, 0.2) is 0 Å². The van der Waals surface area contributed by atoms with Crippen molar-refractivity contribution in [3.05, 3.63) is 69.3 Å². The third-order valence-electron chi connectivity index (χ3n) is 4.31. The molecule has 2 amide bonds. The standard InChI is InChI=1S/C19H18N2O7/c1-27-14-7-5-12(6-8-14)10-28-11-13(22)9-20-18(23)15-3-2-4-16(21(25)26)17(15)19(20)24/h2-8,13,22H,9-11H2,1H3. The molecule has 0 saturated heterocycles. The van der Waals surface area contributed by atoms with Crippen LogP contribution in [0.3, 0.4) is 0 Å². The molecule has 2 aromatic carbocycles. The molecule has 28 heavy (non-hydrogen) atoms. The highest BCUT2D eigenvalue weighted by Crippen LogP contribution is 2.30. The number of aliphatic hydroxyl groups is 1. The lowest BCUT2D eigenvalue weighted by Crippen LogP contribution is -2.38. The number of benzene rings is 2. The summed E-state index contributed by atoms with van der Waals surface area (Å²) in [5.41, 5.74) is 0.155. The van der Waals surface area contributed by atoms with Gasteiger partial charge >= 0.3 is 0 Å². The van der Waals surface area contributed by atoms with E-state index in [9.17, 15) is 24.8 Å². The van der Waals surface area contributed by atoms with Crippen molar-refractivity contribution in [2.24, 2.45) is 0 Å². The highest BCUT2D eigenvalue weighted by atomic mass is 16.6.